The molecule has 0 bridgehead atoms. The van der Waals surface area contributed by atoms with E-state index in [1.165, 1.54) is 0 Å². The Morgan fingerprint density at radius 3 is 2.43 bits per heavy atom. The number of hydrogen-bond donors (Lipinski definition) is 1. The van der Waals surface area contributed by atoms with Crippen LogP contribution >= 0.6 is 0 Å². The number of amides is 1. The third-order valence-electron chi connectivity index (χ3n) is 3.22. The minimum absolute atomic E-state index is 0.198. The molecular weight excluding hydrogens is 268 g/mol. The molecule has 0 radical (unpaired) electrons. The molecule has 1 N–H and O–H groups in total. The summed E-state index contributed by atoms with van der Waals surface area (Å²) in [6.07, 6.45) is 3.09. The Morgan fingerprint density at radius 2 is 1.76 bits per heavy atom. The van der Waals surface area contributed by atoms with E-state index < -0.39 is 0 Å². The molecule has 1 aromatic carbocycles. The van der Waals surface area contributed by atoms with Crippen LogP contribution in [0.2, 0.25) is 0 Å². The first kappa shape index (κ1) is 13.7. The fraction of sp³-hybridized carbons (Fsp3) is 0.267. The van der Waals surface area contributed by atoms with Crippen LogP contribution in [0.25, 0.3) is 11.4 Å². The molecule has 0 saturated carbocycles. The normalized spacial score (nSPS) is 15.6. The number of hydrogen-bond acceptors (Lipinski definition) is 5. The van der Waals surface area contributed by atoms with Crippen LogP contribution in [0.1, 0.15) is 10.4 Å². The summed E-state index contributed by atoms with van der Waals surface area (Å²) < 4.78 is 5.23. The van der Waals surface area contributed by atoms with Gasteiger partial charge in [0.05, 0.1) is 18.8 Å². The lowest BCUT2D eigenvalue weighted by Crippen LogP contribution is -2.48. The van der Waals surface area contributed by atoms with Crippen LogP contribution in [0.15, 0.2) is 42.7 Å². The van der Waals surface area contributed by atoms with Gasteiger partial charge in [-0.15, -0.1) is 0 Å². The molecule has 1 amide bonds. The van der Waals surface area contributed by atoms with Gasteiger partial charge in [0, 0.05) is 31.0 Å². The van der Waals surface area contributed by atoms with Gasteiger partial charge in [0.2, 0.25) is 0 Å². The first-order valence-corrected chi connectivity index (χ1v) is 6.84. The fourth-order valence-electron chi connectivity index (χ4n) is 2.06. The van der Waals surface area contributed by atoms with Gasteiger partial charge in [0.15, 0.2) is 5.82 Å². The fourth-order valence-corrected chi connectivity index (χ4v) is 2.06. The van der Waals surface area contributed by atoms with Gasteiger partial charge in [-0.1, -0.05) is 30.3 Å². The standard InChI is InChI=1S/C15H16N4O2/c20-15(18-19-6-8-21-9-7-19)13-10-16-14(17-11-13)12-4-2-1-3-5-12/h1-5,10-11H,6-9H2,(H,18,20). The molecule has 1 aliphatic heterocycles. The van der Waals surface area contributed by atoms with E-state index in [-0.39, 0.29) is 5.91 Å². The minimum Gasteiger partial charge on any atom is -0.379 e. The second-order valence-electron chi connectivity index (χ2n) is 4.70. The van der Waals surface area contributed by atoms with Crippen LogP contribution in [0.4, 0.5) is 0 Å². The van der Waals surface area contributed by atoms with E-state index in [1.54, 1.807) is 12.4 Å². The predicted molar refractivity (Wildman–Crippen MR) is 77.3 cm³/mol. The van der Waals surface area contributed by atoms with E-state index in [1.807, 2.05) is 35.3 Å². The number of rotatable bonds is 3. The van der Waals surface area contributed by atoms with E-state index in [9.17, 15) is 4.79 Å². The van der Waals surface area contributed by atoms with Gasteiger partial charge in [-0.2, -0.15) is 0 Å². The summed E-state index contributed by atoms with van der Waals surface area (Å²) in [5, 5.41) is 1.84. The van der Waals surface area contributed by atoms with Crippen LogP contribution in [-0.2, 0) is 4.74 Å². The quantitative estimate of drug-likeness (QED) is 0.915. The van der Waals surface area contributed by atoms with Gasteiger partial charge >= 0.3 is 0 Å². The Balaban J connectivity index is 1.67. The van der Waals surface area contributed by atoms with Gasteiger partial charge < -0.3 is 4.74 Å². The number of carbonyl (C=O) groups excluding carboxylic acids is 1. The highest BCUT2D eigenvalue weighted by atomic mass is 16.5. The van der Waals surface area contributed by atoms with Crippen LogP contribution < -0.4 is 5.43 Å². The zero-order valence-corrected chi connectivity index (χ0v) is 11.5. The van der Waals surface area contributed by atoms with Crippen molar-refractivity contribution in [2.45, 2.75) is 0 Å². The number of hydrazine groups is 1. The summed E-state index contributed by atoms with van der Waals surface area (Å²) in [4.78, 5) is 20.6. The van der Waals surface area contributed by atoms with Gasteiger partial charge in [-0.3, -0.25) is 10.2 Å². The minimum atomic E-state index is -0.198. The zero-order chi connectivity index (χ0) is 14.5. The summed E-state index contributed by atoms with van der Waals surface area (Å²) >= 11 is 0. The van der Waals surface area contributed by atoms with Crippen LogP contribution in [0.5, 0.6) is 0 Å². The van der Waals surface area contributed by atoms with Crippen molar-refractivity contribution in [3.63, 3.8) is 0 Å². The highest BCUT2D eigenvalue weighted by molar-refractivity contribution is 5.93. The van der Waals surface area contributed by atoms with Crippen molar-refractivity contribution in [1.29, 1.82) is 0 Å². The van der Waals surface area contributed by atoms with E-state index >= 15 is 0 Å². The SMILES string of the molecule is O=C(NN1CCOCC1)c1cnc(-c2ccccc2)nc1. The van der Waals surface area contributed by atoms with Crippen molar-refractivity contribution in [2.75, 3.05) is 26.3 Å². The van der Waals surface area contributed by atoms with Crippen molar-refractivity contribution in [3.8, 4) is 11.4 Å². The molecular formula is C15H16N4O2. The molecule has 0 aliphatic carbocycles. The number of ether oxygens (including phenoxy) is 1. The van der Waals surface area contributed by atoms with Crippen molar-refractivity contribution in [2.24, 2.45) is 0 Å². The molecule has 108 valence electrons. The van der Waals surface area contributed by atoms with Crippen LogP contribution in [-0.4, -0.2) is 47.2 Å². The average molecular weight is 284 g/mol. The van der Waals surface area contributed by atoms with E-state index in [0.29, 0.717) is 37.7 Å². The predicted octanol–water partition coefficient (Wildman–Crippen LogP) is 1.12. The number of nitrogens with one attached hydrogen (secondary N) is 1. The van der Waals surface area contributed by atoms with Gasteiger partial charge in [-0.05, 0) is 0 Å². The van der Waals surface area contributed by atoms with Crippen molar-refractivity contribution in [3.05, 3.63) is 48.3 Å². The molecule has 0 spiro atoms. The molecule has 6 heteroatoms. The van der Waals surface area contributed by atoms with Gasteiger partial charge in [0.1, 0.15) is 0 Å². The number of nitrogens with zero attached hydrogens (tertiary/aromatic N) is 3. The van der Waals surface area contributed by atoms with E-state index in [0.717, 1.165) is 5.56 Å². The molecule has 1 aliphatic rings. The van der Waals surface area contributed by atoms with Gasteiger partial charge in [-0.25, -0.2) is 15.0 Å². The monoisotopic (exact) mass is 284 g/mol. The number of aromatic nitrogens is 2. The number of morpholine rings is 1. The lowest BCUT2D eigenvalue weighted by molar-refractivity contribution is 0.0126. The molecule has 0 unspecified atom stereocenters. The lowest BCUT2D eigenvalue weighted by Gasteiger charge is -2.26. The largest absolute Gasteiger partial charge is 0.379 e. The lowest BCUT2D eigenvalue weighted by atomic mass is 10.2. The Kier molecular flexibility index (Phi) is 4.18. The highest BCUT2D eigenvalue weighted by Gasteiger charge is 2.15. The average Bonchev–Trinajstić information content (AvgIpc) is 2.57. The van der Waals surface area contributed by atoms with E-state index in [4.69, 9.17) is 4.74 Å². The number of carbonyl (C=O) groups is 1. The van der Waals surface area contributed by atoms with Gasteiger partial charge in [0.25, 0.3) is 5.91 Å². The van der Waals surface area contributed by atoms with Crippen molar-refractivity contribution >= 4 is 5.91 Å². The summed E-state index contributed by atoms with van der Waals surface area (Å²) in [7, 11) is 0. The maximum atomic E-state index is 12.1. The first-order valence-electron chi connectivity index (χ1n) is 6.84. The molecule has 6 nitrogen and oxygen atoms in total. The summed E-state index contributed by atoms with van der Waals surface area (Å²) in [6, 6.07) is 9.66. The van der Waals surface area contributed by atoms with Crippen LogP contribution in [0, 0.1) is 0 Å². The maximum absolute atomic E-state index is 12.1. The zero-order valence-electron chi connectivity index (χ0n) is 11.5. The first-order chi connectivity index (χ1) is 10.3. The molecule has 1 fully saturated rings. The Hall–Kier alpha value is -2.31. The summed E-state index contributed by atoms with van der Waals surface area (Å²) in [6.45, 7) is 2.64. The third-order valence-corrected chi connectivity index (χ3v) is 3.22. The number of benzene rings is 1. The Bertz CT molecular complexity index is 595. The highest BCUT2D eigenvalue weighted by Crippen LogP contribution is 2.13. The Morgan fingerprint density at radius 1 is 1.10 bits per heavy atom. The Labute approximate surface area is 122 Å². The third kappa shape index (κ3) is 3.42. The maximum Gasteiger partial charge on any atom is 0.268 e. The second kappa shape index (κ2) is 6.43. The summed E-state index contributed by atoms with van der Waals surface area (Å²) in [5.74, 6) is 0.412. The van der Waals surface area contributed by atoms with E-state index in [2.05, 4.69) is 15.4 Å². The molecule has 3 rings (SSSR count). The second-order valence-corrected chi connectivity index (χ2v) is 4.70. The van der Waals surface area contributed by atoms with Crippen molar-refractivity contribution < 1.29 is 9.53 Å². The molecule has 1 aromatic heterocycles. The molecule has 2 heterocycles. The smallest absolute Gasteiger partial charge is 0.268 e. The topological polar surface area (TPSA) is 67.4 Å². The van der Waals surface area contributed by atoms with Crippen molar-refractivity contribution in [1.82, 2.24) is 20.4 Å². The molecule has 21 heavy (non-hydrogen) atoms. The molecule has 1 saturated heterocycles. The molecule has 2 aromatic rings. The molecule has 0 atom stereocenters. The van der Waals surface area contributed by atoms with Crippen LogP contribution in [0.3, 0.4) is 0 Å². The summed E-state index contributed by atoms with van der Waals surface area (Å²) in [5.41, 5.74) is 4.20.